The highest BCUT2D eigenvalue weighted by atomic mass is 19.4. The fourth-order valence-corrected chi connectivity index (χ4v) is 4.84. The van der Waals surface area contributed by atoms with Gasteiger partial charge in [-0.2, -0.15) is 36.3 Å². The van der Waals surface area contributed by atoms with Crippen LogP contribution in [0.4, 0.5) is 26.3 Å². The van der Waals surface area contributed by atoms with Gasteiger partial charge in [-0.25, -0.2) is 0 Å². The fourth-order valence-electron chi connectivity index (χ4n) is 4.84. The Balaban J connectivity index is 1.50. The van der Waals surface area contributed by atoms with E-state index in [2.05, 4.69) is 15.1 Å². The summed E-state index contributed by atoms with van der Waals surface area (Å²) in [6, 6.07) is 2.67. The number of hydrogen-bond donors (Lipinski definition) is 1. The number of alkyl halides is 6. The van der Waals surface area contributed by atoms with Crippen LogP contribution in [0.2, 0.25) is 0 Å². The van der Waals surface area contributed by atoms with Crippen molar-refractivity contribution < 1.29 is 40.4 Å². The number of nitrogens with zero attached hydrogens (tertiary/aromatic N) is 4. The van der Waals surface area contributed by atoms with Crippen molar-refractivity contribution in [1.82, 2.24) is 15.0 Å². The Hall–Kier alpha value is -3.32. The Morgan fingerprint density at radius 2 is 1.84 bits per heavy atom. The number of ether oxygens (including phenoxy) is 1. The van der Waals surface area contributed by atoms with Gasteiger partial charge in [0.25, 0.3) is 0 Å². The van der Waals surface area contributed by atoms with Gasteiger partial charge in [-0.1, -0.05) is 37.3 Å². The maximum Gasteiger partial charge on any atom is 0.473 e. The van der Waals surface area contributed by atoms with Gasteiger partial charge in [0, 0.05) is 12.1 Å². The molecule has 2 aliphatic rings. The predicted molar refractivity (Wildman–Crippen MR) is 123 cm³/mol. The largest absolute Gasteiger partial charge is 0.493 e. The number of carbonyl (C=O) groups is 1. The van der Waals surface area contributed by atoms with Crippen LogP contribution >= 0.6 is 0 Å². The fraction of sp³-hybridized carbons (Fsp3) is 0.583. The average Bonchev–Trinajstić information content (AvgIpc) is 3.53. The minimum Gasteiger partial charge on any atom is -0.493 e. The van der Waals surface area contributed by atoms with Gasteiger partial charge in [-0.3, -0.25) is 4.79 Å². The third-order valence-corrected chi connectivity index (χ3v) is 6.78. The van der Waals surface area contributed by atoms with Crippen LogP contribution in [0.5, 0.6) is 5.75 Å². The lowest BCUT2D eigenvalue weighted by Crippen LogP contribution is -2.39. The zero-order chi connectivity index (χ0) is 27.5. The summed E-state index contributed by atoms with van der Waals surface area (Å²) >= 11 is 0. The monoisotopic (exact) mass is 547 g/mol. The number of carbonyl (C=O) groups excluding carboxylic acids is 1. The molecule has 1 aromatic heterocycles. The molecule has 1 aromatic carbocycles. The van der Waals surface area contributed by atoms with Crippen LogP contribution in [0.3, 0.4) is 0 Å². The molecule has 8 nitrogen and oxygen atoms in total. The lowest BCUT2D eigenvalue weighted by molar-refractivity contribution is -0.169. The Kier molecular flexibility index (Phi) is 8.16. The number of hydrogen-bond acceptors (Lipinski definition) is 5. The molecule has 4 rings (SSSR count). The molecule has 208 valence electrons. The molecule has 2 N–H and O–H groups in total. The summed E-state index contributed by atoms with van der Waals surface area (Å²) < 4.78 is 89.8. The molecule has 1 aliphatic heterocycles. The van der Waals surface area contributed by atoms with E-state index in [1.807, 2.05) is 0 Å². The van der Waals surface area contributed by atoms with Crippen molar-refractivity contribution in [3.05, 3.63) is 29.7 Å². The lowest BCUT2D eigenvalue weighted by Gasteiger charge is -2.22. The zero-order valence-corrected chi connectivity index (χ0v) is 20.3. The van der Waals surface area contributed by atoms with Crippen molar-refractivity contribution in [3.63, 3.8) is 0 Å². The van der Waals surface area contributed by atoms with Crippen molar-refractivity contribution in [2.75, 3.05) is 13.2 Å². The molecule has 1 aliphatic carbocycles. The first-order valence-corrected chi connectivity index (χ1v) is 12.3. The number of rotatable bonds is 6. The normalized spacial score (nSPS) is 19.7. The second kappa shape index (κ2) is 11.2. The van der Waals surface area contributed by atoms with E-state index in [1.165, 1.54) is 23.5 Å². The maximum absolute atomic E-state index is 13.8. The minimum atomic E-state index is -5.18. The molecule has 1 amide bonds. The third kappa shape index (κ3) is 6.57. The van der Waals surface area contributed by atoms with Crippen LogP contribution in [0, 0.1) is 5.92 Å². The highest BCUT2D eigenvalue weighted by Crippen LogP contribution is 2.39. The maximum atomic E-state index is 13.8. The van der Waals surface area contributed by atoms with E-state index in [-0.39, 0.29) is 36.2 Å². The van der Waals surface area contributed by atoms with E-state index < -0.39 is 35.8 Å². The third-order valence-electron chi connectivity index (χ3n) is 6.78. The van der Waals surface area contributed by atoms with Crippen LogP contribution < -0.4 is 10.5 Å². The topological polar surface area (TPSA) is 107 Å². The summed E-state index contributed by atoms with van der Waals surface area (Å²) in [5.74, 6) is -3.07. The SMILES string of the molecule is NC(=NC(=O)C(F)(F)F)N1CCC[C@H]1c1nc(-c2ccc(OCCC3CCCCC3)c(C(F)(F)F)c2)no1. The molecule has 2 fully saturated rings. The Morgan fingerprint density at radius 1 is 1.11 bits per heavy atom. The summed E-state index contributed by atoms with van der Waals surface area (Å²) in [6.07, 6.45) is -2.80. The standard InChI is InChI=1S/C24H27F6N5O3/c25-23(26,27)16-13-15(8-9-18(16)37-12-10-14-5-2-1-3-6-14)19-32-20(38-34-19)17-7-4-11-35(17)22(31)33-21(36)24(28,29)30/h8-9,13-14,17H,1-7,10-12H2,(H2,31,33,36)/t17-/m0/s1. The number of amides is 1. The highest BCUT2D eigenvalue weighted by molar-refractivity contribution is 5.95. The average molecular weight is 548 g/mol. The summed E-state index contributed by atoms with van der Waals surface area (Å²) in [5.41, 5.74) is 4.66. The molecule has 2 heterocycles. The lowest BCUT2D eigenvalue weighted by atomic mass is 9.87. The molecule has 2 aromatic rings. The van der Waals surface area contributed by atoms with Gasteiger partial charge in [0.2, 0.25) is 11.7 Å². The minimum absolute atomic E-state index is 0.0189. The molecule has 0 unspecified atom stereocenters. The van der Waals surface area contributed by atoms with Crippen molar-refractivity contribution in [3.8, 4) is 17.1 Å². The van der Waals surface area contributed by atoms with Crippen LogP contribution in [-0.2, 0) is 11.0 Å². The van der Waals surface area contributed by atoms with Crippen molar-refractivity contribution >= 4 is 11.9 Å². The van der Waals surface area contributed by atoms with E-state index in [9.17, 15) is 31.1 Å². The van der Waals surface area contributed by atoms with Gasteiger partial charge in [0.05, 0.1) is 12.2 Å². The van der Waals surface area contributed by atoms with Gasteiger partial charge >= 0.3 is 18.3 Å². The Morgan fingerprint density at radius 3 is 2.53 bits per heavy atom. The molecule has 1 saturated carbocycles. The van der Waals surface area contributed by atoms with Crippen LogP contribution in [0.15, 0.2) is 27.7 Å². The quantitative estimate of drug-likeness (QED) is 0.283. The van der Waals surface area contributed by atoms with Gasteiger partial charge < -0.3 is 19.9 Å². The Bertz CT molecular complexity index is 1160. The Labute approximate surface area is 214 Å². The summed E-state index contributed by atoms with van der Waals surface area (Å²) in [5, 5.41) is 3.75. The van der Waals surface area contributed by atoms with E-state index in [0.29, 0.717) is 25.2 Å². The van der Waals surface area contributed by atoms with E-state index in [4.69, 9.17) is 15.0 Å². The first kappa shape index (κ1) is 27.7. The van der Waals surface area contributed by atoms with E-state index in [1.54, 1.807) is 0 Å². The van der Waals surface area contributed by atoms with Crippen molar-refractivity contribution in [1.29, 1.82) is 0 Å². The van der Waals surface area contributed by atoms with Gasteiger partial charge in [-0.15, -0.1) is 0 Å². The molecule has 14 heteroatoms. The summed E-state index contributed by atoms with van der Waals surface area (Å²) in [6.45, 7) is 0.352. The molecule has 1 saturated heterocycles. The highest BCUT2D eigenvalue weighted by Gasteiger charge is 2.40. The molecule has 1 atom stereocenters. The van der Waals surface area contributed by atoms with Gasteiger partial charge in [-0.05, 0) is 43.4 Å². The molecule has 38 heavy (non-hydrogen) atoms. The number of guanidine groups is 1. The molecule has 0 bridgehead atoms. The summed E-state index contributed by atoms with van der Waals surface area (Å²) in [4.78, 5) is 19.4. The first-order chi connectivity index (χ1) is 17.9. The second-order valence-electron chi connectivity index (χ2n) is 9.43. The van der Waals surface area contributed by atoms with Gasteiger partial charge in [0.15, 0.2) is 5.96 Å². The predicted octanol–water partition coefficient (Wildman–Crippen LogP) is 5.65. The van der Waals surface area contributed by atoms with Crippen molar-refractivity contribution in [2.24, 2.45) is 16.6 Å². The van der Waals surface area contributed by atoms with Crippen LogP contribution in [0.25, 0.3) is 11.4 Å². The number of likely N-dealkylation sites (tertiary alicyclic amines) is 1. The molecular formula is C24H27F6N5O3. The second-order valence-corrected chi connectivity index (χ2v) is 9.43. The van der Waals surface area contributed by atoms with Crippen LogP contribution in [0.1, 0.15) is 68.9 Å². The molecule has 0 radical (unpaired) electrons. The number of benzene rings is 1. The number of nitrogens with two attached hydrogens (primary N) is 1. The number of aliphatic imine (C=N–C) groups is 1. The zero-order valence-electron chi connectivity index (χ0n) is 20.3. The van der Waals surface area contributed by atoms with Gasteiger partial charge in [0.1, 0.15) is 11.8 Å². The van der Waals surface area contributed by atoms with Crippen LogP contribution in [-0.4, -0.2) is 46.2 Å². The van der Waals surface area contributed by atoms with Crippen molar-refractivity contribution in [2.45, 2.75) is 69.8 Å². The summed E-state index contributed by atoms with van der Waals surface area (Å²) in [7, 11) is 0. The molecule has 0 spiro atoms. The van der Waals surface area contributed by atoms with E-state index >= 15 is 0 Å². The number of aromatic nitrogens is 2. The number of halogens is 6. The van der Waals surface area contributed by atoms with E-state index in [0.717, 1.165) is 31.7 Å². The first-order valence-electron chi connectivity index (χ1n) is 12.3. The molecular weight excluding hydrogens is 520 g/mol. The smallest absolute Gasteiger partial charge is 0.473 e.